The summed E-state index contributed by atoms with van der Waals surface area (Å²) >= 11 is 0. The van der Waals surface area contributed by atoms with Crippen molar-refractivity contribution in [2.75, 3.05) is 27.7 Å². The largest absolute Gasteiger partial charge is 0.303 e. The summed E-state index contributed by atoms with van der Waals surface area (Å²) in [5, 5.41) is 0. The monoisotopic (exact) mass is 431 g/mol. The van der Waals surface area contributed by atoms with Crippen molar-refractivity contribution >= 4 is 0 Å². The van der Waals surface area contributed by atoms with Gasteiger partial charge in [-0.3, -0.25) is 0 Å². The molecule has 0 radical (unpaired) electrons. The van der Waals surface area contributed by atoms with Gasteiger partial charge in [0.15, 0.2) is 0 Å². The van der Waals surface area contributed by atoms with Crippen LogP contribution in [0.5, 0.6) is 0 Å². The van der Waals surface area contributed by atoms with Crippen LogP contribution in [0.25, 0.3) is 0 Å². The summed E-state index contributed by atoms with van der Waals surface area (Å²) < 4.78 is 0. The predicted molar refractivity (Wildman–Crippen MR) is 133 cm³/mol. The van der Waals surface area contributed by atoms with Crippen molar-refractivity contribution < 1.29 is 0 Å². The lowest BCUT2D eigenvalue weighted by molar-refractivity contribution is 0.0415. The van der Waals surface area contributed by atoms with Crippen LogP contribution in [0.2, 0.25) is 0 Å². The Kier molecular flexibility index (Phi) is 8.08. The molecule has 6 bridgehead atoms. The third-order valence-electron chi connectivity index (χ3n) is 10.1. The highest BCUT2D eigenvalue weighted by Crippen LogP contribution is 2.38. The van der Waals surface area contributed by atoms with Crippen molar-refractivity contribution in [3.8, 4) is 0 Å². The van der Waals surface area contributed by atoms with E-state index in [2.05, 4.69) is 56.6 Å². The van der Waals surface area contributed by atoms with E-state index in [1.165, 1.54) is 83.6 Å². The third kappa shape index (κ3) is 5.87. The van der Waals surface area contributed by atoms with E-state index in [4.69, 9.17) is 0 Å². The minimum absolute atomic E-state index is 0.928. The summed E-state index contributed by atoms with van der Waals surface area (Å²) in [7, 11) is 6.90. The average Bonchev–Trinajstić information content (AvgIpc) is 3.06. The molecular formula is C28H53N3. The number of rotatable bonds is 0. The van der Waals surface area contributed by atoms with Crippen LogP contribution in [-0.4, -0.2) is 72.6 Å². The summed E-state index contributed by atoms with van der Waals surface area (Å²) in [6, 6.07) is 4.67. The highest BCUT2D eigenvalue weighted by Gasteiger charge is 2.37. The maximum atomic E-state index is 2.63. The predicted octanol–water partition coefficient (Wildman–Crippen LogP) is 5.88. The lowest BCUT2D eigenvalue weighted by Crippen LogP contribution is -2.49. The second-order valence-electron chi connectivity index (χ2n) is 12.9. The maximum Gasteiger partial charge on any atom is 0.00982 e. The van der Waals surface area contributed by atoms with E-state index in [1.54, 1.807) is 0 Å². The molecule has 6 rings (SSSR count). The van der Waals surface area contributed by atoms with Crippen LogP contribution in [0.3, 0.4) is 0 Å². The molecule has 6 fully saturated rings. The maximum absolute atomic E-state index is 2.63. The van der Waals surface area contributed by atoms with Gasteiger partial charge in [-0.05, 0) is 115 Å². The normalized spacial score (nSPS) is 47.2. The molecule has 0 N–H and O–H groups in total. The molecule has 0 aromatic heterocycles. The van der Waals surface area contributed by atoms with Gasteiger partial charge in [-0.25, -0.2) is 0 Å². The first-order chi connectivity index (χ1) is 14.8. The zero-order chi connectivity index (χ0) is 22.1. The number of hydrogen-bond acceptors (Lipinski definition) is 3. The molecule has 0 aromatic rings. The van der Waals surface area contributed by atoms with E-state index in [9.17, 15) is 0 Å². The molecule has 1 saturated carbocycles. The quantitative estimate of drug-likeness (QED) is 0.474. The summed E-state index contributed by atoms with van der Waals surface area (Å²) in [6.45, 7) is 8.59. The van der Waals surface area contributed by atoms with Gasteiger partial charge in [0.2, 0.25) is 0 Å². The Labute approximate surface area is 194 Å². The van der Waals surface area contributed by atoms with E-state index >= 15 is 0 Å². The van der Waals surface area contributed by atoms with Gasteiger partial charge in [-0.2, -0.15) is 0 Å². The molecular weight excluding hydrogens is 378 g/mol. The van der Waals surface area contributed by atoms with Gasteiger partial charge in [-0.15, -0.1) is 0 Å². The topological polar surface area (TPSA) is 9.72 Å². The van der Waals surface area contributed by atoms with Gasteiger partial charge in [0, 0.05) is 36.8 Å². The number of piperidine rings is 3. The second-order valence-corrected chi connectivity index (χ2v) is 12.9. The van der Waals surface area contributed by atoms with Crippen molar-refractivity contribution in [2.45, 2.75) is 128 Å². The number of hydrogen-bond donors (Lipinski definition) is 0. The molecule has 5 saturated heterocycles. The minimum Gasteiger partial charge on any atom is -0.303 e. The highest BCUT2D eigenvalue weighted by molar-refractivity contribution is 4.92. The van der Waals surface area contributed by atoms with E-state index in [1.807, 2.05) is 0 Å². The standard InChI is InChI=1S/C10H19N.2C9H17N/c1-8-6-9-4-3-5-10(7-8)11(9)2;1-7-3-8-5-9(4-7)10(2)6-8;1-7-5-8-3-4-9(6-7)10(8)2/h8-10H,3-7H2,1-2H3;2*7-9H,3-6H2,1-2H3. The number of fused-ring (bicyclic) bond motifs is 6. The summed E-state index contributed by atoms with van der Waals surface area (Å²) in [5.74, 6) is 4.02. The van der Waals surface area contributed by atoms with Crippen molar-refractivity contribution in [3.63, 3.8) is 0 Å². The van der Waals surface area contributed by atoms with Gasteiger partial charge < -0.3 is 14.7 Å². The molecule has 0 spiro atoms. The zero-order valence-electron chi connectivity index (χ0n) is 21.7. The molecule has 0 aromatic carbocycles. The SMILES string of the molecule is CC1CC2CC(C1)N(C)C2.CC1CC2CCC(C1)N2C.CC1CC2CCCC(C1)N2C. The molecule has 3 nitrogen and oxygen atoms in total. The van der Waals surface area contributed by atoms with Crippen LogP contribution >= 0.6 is 0 Å². The first-order valence-corrected chi connectivity index (χ1v) is 13.9. The molecule has 7 unspecified atom stereocenters. The Bertz CT molecular complexity index is 526. The first kappa shape index (κ1) is 24.0. The fraction of sp³-hybridized carbons (Fsp3) is 1.00. The Morgan fingerprint density at radius 2 is 0.903 bits per heavy atom. The van der Waals surface area contributed by atoms with Crippen LogP contribution in [0.4, 0.5) is 0 Å². The van der Waals surface area contributed by atoms with Crippen molar-refractivity contribution in [1.82, 2.24) is 14.7 Å². The number of nitrogens with zero attached hydrogens (tertiary/aromatic N) is 3. The Morgan fingerprint density at radius 3 is 1.39 bits per heavy atom. The van der Waals surface area contributed by atoms with E-state index in [0.29, 0.717) is 0 Å². The van der Waals surface area contributed by atoms with Crippen LogP contribution in [0.1, 0.15) is 97.8 Å². The van der Waals surface area contributed by atoms with Crippen LogP contribution in [0, 0.1) is 23.7 Å². The summed E-state index contributed by atoms with van der Waals surface area (Å²) in [4.78, 5) is 7.78. The highest BCUT2D eigenvalue weighted by atomic mass is 15.2. The Balaban J connectivity index is 0.000000112. The van der Waals surface area contributed by atoms with Crippen LogP contribution in [0.15, 0.2) is 0 Å². The lowest BCUT2D eigenvalue weighted by atomic mass is 9.80. The fourth-order valence-electron chi connectivity index (χ4n) is 8.34. The van der Waals surface area contributed by atoms with E-state index < -0.39 is 0 Å². The van der Waals surface area contributed by atoms with Gasteiger partial charge in [-0.1, -0.05) is 27.2 Å². The van der Waals surface area contributed by atoms with Crippen LogP contribution < -0.4 is 0 Å². The molecule has 5 heterocycles. The molecule has 6 aliphatic rings. The molecule has 180 valence electrons. The van der Waals surface area contributed by atoms with Crippen molar-refractivity contribution in [1.29, 1.82) is 0 Å². The molecule has 5 aliphatic heterocycles. The molecule has 7 atom stereocenters. The van der Waals surface area contributed by atoms with Gasteiger partial charge in [0.25, 0.3) is 0 Å². The van der Waals surface area contributed by atoms with Gasteiger partial charge >= 0.3 is 0 Å². The third-order valence-corrected chi connectivity index (χ3v) is 10.1. The smallest absolute Gasteiger partial charge is 0.00982 e. The first-order valence-electron chi connectivity index (χ1n) is 13.9. The van der Waals surface area contributed by atoms with E-state index in [0.717, 1.165) is 53.9 Å². The minimum atomic E-state index is 0.928. The Morgan fingerprint density at radius 1 is 0.484 bits per heavy atom. The summed E-state index contributed by atoms with van der Waals surface area (Å²) in [5.41, 5.74) is 0. The molecule has 0 amide bonds. The molecule has 3 heteroatoms. The van der Waals surface area contributed by atoms with E-state index in [-0.39, 0.29) is 0 Å². The number of likely N-dealkylation sites (tertiary alicyclic amines) is 1. The lowest BCUT2D eigenvalue weighted by Gasteiger charge is -2.46. The average molecular weight is 432 g/mol. The van der Waals surface area contributed by atoms with Gasteiger partial charge in [0.05, 0.1) is 0 Å². The van der Waals surface area contributed by atoms with Gasteiger partial charge in [0.1, 0.15) is 0 Å². The second kappa shape index (κ2) is 10.4. The van der Waals surface area contributed by atoms with Crippen molar-refractivity contribution in [3.05, 3.63) is 0 Å². The molecule has 1 aliphatic carbocycles. The molecule has 31 heavy (non-hydrogen) atoms. The zero-order valence-corrected chi connectivity index (χ0v) is 21.7. The summed E-state index contributed by atoms with van der Waals surface area (Å²) in [6.07, 6.45) is 17.5. The van der Waals surface area contributed by atoms with Crippen LogP contribution in [-0.2, 0) is 0 Å². The Hall–Kier alpha value is -0.120. The fourth-order valence-corrected chi connectivity index (χ4v) is 8.34. The van der Waals surface area contributed by atoms with Crippen molar-refractivity contribution in [2.24, 2.45) is 23.7 Å².